The minimum absolute atomic E-state index is 0.0185. The van der Waals surface area contributed by atoms with Gasteiger partial charge in [0.2, 0.25) is 5.91 Å². The van der Waals surface area contributed by atoms with E-state index in [-0.39, 0.29) is 24.1 Å². The number of halogens is 3. The number of carbonyl (C=O) groups excluding carboxylic acids is 1. The van der Waals surface area contributed by atoms with Crippen LogP contribution in [-0.2, 0) is 16.6 Å². The lowest BCUT2D eigenvalue weighted by molar-refractivity contribution is -0.171. The Kier molecular flexibility index (Phi) is 7.07. The molecule has 1 spiro atoms. The molecule has 1 saturated heterocycles. The van der Waals surface area contributed by atoms with E-state index in [1.807, 2.05) is 24.0 Å². The summed E-state index contributed by atoms with van der Waals surface area (Å²) >= 11 is 14.5. The molecule has 204 valence electrons. The molecule has 9 heteroatoms. The van der Waals surface area contributed by atoms with Crippen molar-refractivity contribution in [3.63, 3.8) is 0 Å². The van der Waals surface area contributed by atoms with Crippen LogP contribution >= 0.6 is 45.8 Å². The summed E-state index contributed by atoms with van der Waals surface area (Å²) in [4.78, 5) is 18.0. The highest BCUT2D eigenvalue weighted by Gasteiger charge is 2.69. The Morgan fingerprint density at radius 3 is 2.68 bits per heavy atom. The van der Waals surface area contributed by atoms with Gasteiger partial charge < -0.3 is 24.7 Å². The summed E-state index contributed by atoms with van der Waals surface area (Å²) in [6.45, 7) is 4.51. The molecule has 0 bridgehead atoms. The minimum Gasteiger partial charge on any atom is -0.504 e. The second kappa shape index (κ2) is 9.98. The van der Waals surface area contributed by atoms with Crippen molar-refractivity contribution in [1.82, 2.24) is 9.80 Å². The first-order chi connectivity index (χ1) is 18.2. The number of benzene rings is 2. The number of aromatic hydroxyl groups is 1. The van der Waals surface area contributed by atoms with E-state index in [0.29, 0.717) is 39.7 Å². The van der Waals surface area contributed by atoms with Crippen LogP contribution in [-0.4, -0.2) is 67.9 Å². The summed E-state index contributed by atoms with van der Waals surface area (Å²) in [6, 6.07) is 8.65. The quantitative estimate of drug-likeness (QED) is 0.242. The molecule has 6 rings (SSSR count). The Morgan fingerprint density at radius 2 is 1.97 bits per heavy atom. The van der Waals surface area contributed by atoms with Gasteiger partial charge >= 0.3 is 0 Å². The average Bonchev–Trinajstić information content (AvgIpc) is 3.62. The minimum atomic E-state index is -1.01. The lowest BCUT2D eigenvalue weighted by Gasteiger charge is -2.59. The first-order valence-corrected chi connectivity index (χ1v) is 15.7. The summed E-state index contributed by atoms with van der Waals surface area (Å²) in [5.41, 5.74) is 1.04. The van der Waals surface area contributed by atoms with Gasteiger partial charge in [-0.3, -0.25) is 4.79 Å². The molecule has 2 aromatic carbocycles. The van der Waals surface area contributed by atoms with Crippen LogP contribution < -0.4 is 4.74 Å². The molecule has 2 aliphatic heterocycles. The number of amides is 1. The molecular weight excluding hydrogens is 638 g/mol. The first kappa shape index (κ1) is 26.9. The number of aliphatic hydroxyl groups is 1. The number of ether oxygens (including phenoxy) is 1. The number of rotatable bonds is 6. The van der Waals surface area contributed by atoms with Gasteiger partial charge in [-0.15, -0.1) is 0 Å². The third-order valence-corrected chi connectivity index (χ3v) is 10.7. The number of hydrogen-bond acceptors (Lipinski definition) is 5. The van der Waals surface area contributed by atoms with Crippen LogP contribution in [0.1, 0.15) is 48.8 Å². The van der Waals surface area contributed by atoms with E-state index in [9.17, 15) is 15.0 Å². The fraction of sp³-hybridized carbons (Fsp3) is 0.552. The normalized spacial score (nSPS) is 30.2. The average molecular weight is 671 g/mol. The third-order valence-electron chi connectivity index (χ3n) is 9.27. The molecule has 4 aliphatic rings. The highest BCUT2D eigenvalue weighted by atomic mass is 127. The summed E-state index contributed by atoms with van der Waals surface area (Å²) in [5.74, 6) is 1.29. The van der Waals surface area contributed by atoms with E-state index in [1.54, 1.807) is 18.2 Å². The summed E-state index contributed by atoms with van der Waals surface area (Å²) in [6.07, 6.45) is 4.23. The number of fused-ring (bicyclic) bond motifs is 1. The molecule has 0 unspecified atom stereocenters. The Bertz CT molecular complexity index is 1270. The van der Waals surface area contributed by atoms with Crippen molar-refractivity contribution in [3.05, 3.63) is 57.1 Å². The smallest absolute Gasteiger partial charge is 0.228 e. The summed E-state index contributed by atoms with van der Waals surface area (Å²) in [7, 11) is 0. The molecule has 2 aromatic rings. The molecule has 3 fully saturated rings. The van der Waals surface area contributed by atoms with E-state index < -0.39 is 17.1 Å². The van der Waals surface area contributed by atoms with Crippen LogP contribution in [0.5, 0.6) is 11.5 Å². The molecule has 1 amide bonds. The fourth-order valence-electron chi connectivity index (χ4n) is 7.29. The Morgan fingerprint density at radius 1 is 1.18 bits per heavy atom. The predicted octanol–water partition coefficient (Wildman–Crippen LogP) is 5.48. The number of nitrogens with zero attached hydrogens (tertiary/aromatic N) is 2. The third kappa shape index (κ3) is 4.31. The van der Waals surface area contributed by atoms with E-state index >= 15 is 0 Å². The van der Waals surface area contributed by atoms with Gasteiger partial charge in [-0.2, -0.15) is 0 Å². The zero-order chi connectivity index (χ0) is 26.8. The van der Waals surface area contributed by atoms with Crippen molar-refractivity contribution < 1.29 is 19.7 Å². The van der Waals surface area contributed by atoms with Gasteiger partial charge in [0.1, 0.15) is 6.10 Å². The van der Waals surface area contributed by atoms with Crippen molar-refractivity contribution in [2.75, 3.05) is 24.2 Å². The zero-order valence-electron chi connectivity index (χ0n) is 21.4. The van der Waals surface area contributed by atoms with E-state index in [2.05, 4.69) is 27.5 Å². The molecule has 2 aliphatic carbocycles. The Labute approximate surface area is 247 Å². The Balaban J connectivity index is 1.36. The van der Waals surface area contributed by atoms with Crippen LogP contribution in [0.2, 0.25) is 10.0 Å². The monoisotopic (exact) mass is 670 g/mol. The predicted molar refractivity (Wildman–Crippen MR) is 157 cm³/mol. The number of phenols is 1. The van der Waals surface area contributed by atoms with Crippen molar-refractivity contribution >= 4 is 51.7 Å². The van der Waals surface area contributed by atoms with E-state index in [4.69, 9.17) is 27.9 Å². The van der Waals surface area contributed by atoms with E-state index in [1.165, 1.54) is 12.8 Å². The van der Waals surface area contributed by atoms with Gasteiger partial charge in [0.05, 0.1) is 38.1 Å². The van der Waals surface area contributed by atoms with Gasteiger partial charge in [-0.25, -0.2) is 0 Å². The Hall–Kier alpha value is -1.26. The second-order valence-corrected chi connectivity index (χ2v) is 13.1. The van der Waals surface area contributed by atoms with Crippen molar-refractivity contribution in [3.8, 4) is 11.5 Å². The number of piperidine rings is 1. The number of carbonyl (C=O) groups is 1. The molecule has 6 nitrogen and oxygen atoms in total. The molecule has 0 radical (unpaired) electrons. The number of phenolic OH excluding ortho intramolecular Hbond substituents is 1. The lowest BCUT2D eigenvalue weighted by Crippen LogP contribution is -2.73. The highest BCUT2D eigenvalue weighted by molar-refractivity contribution is 14.1. The van der Waals surface area contributed by atoms with Gasteiger partial charge in [0, 0.05) is 18.7 Å². The second-order valence-electron chi connectivity index (χ2n) is 11.6. The summed E-state index contributed by atoms with van der Waals surface area (Å²) in [5, 5.41) is 24.2. The summed E-state index contributed by atoms with van der Waals surface area (Å²) < 4.78 is 7.14. The largest absolute Gasteiger partial charge is 0.504 e. The number of aryl methyl sites for hydroxylation is 1. The van der Waals surface area contributed by atoms with Gasteiger partial charge in [-0.1, -0.05) is 57.9 Å². The molecule has 38 heavy (non-hydrogen) atoms. The number of β-amino-alcohol motifs (C(OH)–C–C–N with tert-alkyl or cyclic N) is 1. The maximum absolute atomic E-state index is 13.7. The lowest BCUT2D eigenvalue weighted by atomic mass is 9.53. The SMILES string of the molecule is Cc1ccc(O)c2c1[C@]13CCN(CC4CC4)C[C@]1(O)CC[C@@H](N(CI)C(=O)Cc1ccc(Cl)c(Cl)c1)[C@@H]3O2. The maximum Gasteiger partial charge on any atom is 0.228 e. The molecule has 2 heterocycles. The van der Waals surface area contributed by atoms with Crippen LogP contribution in [0.15, 0.2) is 30.3 Å². The number of alkyl halides is 1. The zero-order valence-corrected chi connectivity index (χ0v) is 25.1. The van der Waals surface area contributed by atoms with Gasteiger partial charge in [-0.05, 0) is 80.8 Å². The highest BCUT2D eigenvalue weighted by Crippen LogP contribution is 2.62. The molecular formula is C29H33Cl2IN2O4. The number of hydrogen-bond donors (Lipinski definition) is 2. The van der Waals surface area contributed by atoms with E-state index in [0.717, 1.165) is 42.1 Å². The number of likely N-dealkylation sites (tertiary alicyclic amines) is 1. The standard InChI is InChI=1S/C29H33Cl2IN2O4/c1-17-2-7-23(35)26-25(17)29-10-11-33(14-18-3-4-18)15-28(29,37)9-8-22(27(29)38-26)34(16-32)24(36)13-19-5-6-20(30)21(31)12-19/h2,5-7,12,18,22,27,35,37H,3-4,8-11,13-16H2,1H3/t22-,27+,28-,29+/m1/s1. The maximum atomic E-state index is 13.7. The van der Waals surface area contributed by atoms with Crippen molar-refractivity contribution in [2.24, 2.45) is 5.92 Å². The van der Waals surface area contributed by atoms with Gasteiger partial charge in [0.15, 0.2) is 11.5 Å². The first-order valence-electron chi connectivity index (χ1n) is 13.4. The molecule has 0 aromatic heterocycles. The fourth-order valence-corrected chi connectivity index (χ4v) is 8.50. The van der Waals surface area contributed by atoms with Crippen LogP contribution in [0, 0.1) is 12.8 Å². The van der Waals surface area contributed by atoms with Crippen LogP contribution in [0.3, 0.4) is 0 Å². The molecule has 4 atom stereocenters. The van der Waals surface area contributed by atoms with Gasteiger partial charge in [0.25, 0.3) is 0 Å². The van der Waals surface area contributed by atoms with Crippen molar-refractivity contribution in [2.45, 2.75) is 68.6 Å². The van der Waals surface area contributed by atoms with Crippen LogP contribution in [0.4, 0.5) is 0 Å². The molecule has 2 saturated carbocycles. The van der Waals surface area contributed by atoms with Crippen LogP contribution in [0.25, 0.3) is 0 Å². The van der Waals surface area contributed by atoms with Crippen molar-refractivity contribution in [1.29, 1.82) is 0 Å². The topological polar surface area (TPSA) is 73.2 Å². The molecule has 2 N–H and O–H groups in total.